The summed E-state index contributed by atoms with van der Waals surface area (Å²) in [4.78, 5) is 11.6. The van der Waals surface area contributed by atoms with Gasteiger partial charge in [-0.15, -0.1) is 11.8 Å². The summed E-state index contributed by atoms with van der Waals surface area (Å²) in [5, 5.41) is 22.4. The zero-order valence-corrected chi connectivity index (χ0v) is 31.3. The molecule has 0 saturated carbocycles. The molecule has 0 bridgehead atoms. The van der Waals surface area contributed by atoms with Crippen LogP contribution in [0.1, 0.15) is 51.4 Å². The number of anilines is 2. The number of rotatable bonds is 14. The summed E-state index contributed by atoms with van der Waals surface area (Å²) >= 11 is 1.76. The quantitative estimate of drug-likeness (QED) is 0.121. The molecule has 5 heterocycles. The van der Waals surface area contributed by atoms with Gasteiger partial charge in [-0.05, 0) is 157 Å². The van der Waals surface area contributed by atoms with E-state index in [0.717, 1.165) is 65.4 Å². The zero-order chi connectivity index (χ0) is 35.1. The van der Waals surface area contributed by atoms with Gasteiger partial charge in [-0.1, -0.05) is 46.8 Å². The van der Waals surface area contributed by atoms with E-state index in [1.807, 2.05) is 10.0 Å². The van der Waals surface area contributed by atoms with Gasteiger partial charge in [0.2, 0.25) is 0 Å². The highest BCUT2D eigenvalue weighted by Gasteiger charge is 2.23. The monoisotopic (exact) mass is 713 g/mol. The molecule has 0 radical (unpaired) electrons. The molecule has 10 heteroatoms. The average molecular weight is 714 g/mol. The summed E-state index contributed by atoms with van der Waals surface area (Å²) in [6.45, 7) is 9.08. The Morgan fingerprint density at radius 2 is 1.00 bits per heavy atom. The maximum atomic E-state index is 5.22. The molecule has 2 fully saturated rings. The van der Waals surface area contributed by atoms with Crippen LogP contribution in [-0.2, 0) is 0 Å². The van der Waals surface area contributed by atoms with E-state index in [1.54, 1.807) is 11.8 Å². The number of likely N-dealkylation sites (tertiary alicyclic amines) is 2. The summed E-state index contributed by atoms with van der Waals surface area (Å²) in [5.41, 5.74) is 8.53. The summed E-state index contributed by atoms with van der Waals surface area (Å²) in [5.74, 6) is 0. The third-order valence-electron chi connectivity index (χ3n) is 11.0. The van der Waals surface area contributed by atoms with Crippen LogP contribution in [0.15, 0.2) is 110 Å². The van der Waals surface area contributed by atoms with Crippen molar-refractivity contribution in [1.29, 1.82) is 0 Å². The number of hydrogen-bond donors (Lipinski definition) is 0. The van der Waals surface area contributed by atoms with Gasteiger partial charge in [-0.2, -0.15) is 10.2 Å². The first-order valence-electron chi connectivity index (χ1n) is 19.4. The van der Waals surface area contributed by atoms with Crippen LogP contribution in [-0.4, -0.2) is 85.5 Å². The van der Waals surface area contributed by atoms with Crippen LogP contribution in [0.2, 0.25) is 0 Å². The number of nitrogens with zero attached hydrogens (tertiary/aromatic N) is 9. The lowest BCUT2D eigenvalue weighted by Crippen LogP contribution is -2.24. The summed E-state index contributed by atoms with van der Waals surface area (Å²) < 4.78 is 0. The largest absolute Gasteiger partial charge is 0.303 e. The van der Waals surface area contributed by atoms with Crippen molar-refractivity contribution in [1.82, 2.24) is 14.8 Å². The molecule has 0 amide bonds. The maximum absolute atomic E-state index is 5.22. The predicted octanol–water partition coefficient (Wildman–Crippen LogP) is 9.67. The molecule has 0 aliphatic carbocycles. The van der Waals surface area contributed by atoms with Crippen molar-refractivity contribution in [2.45, 2.75) is 68.3 Å². The van der Waals surface area contributed by atoms with Crippen molar-refractivity contribution < 1.29 is 0 Å². The van der Waals surface area contributed by atoms with Gasteiger partial charge in [0, 0.05) is 16.0 Å². The molecule has 1 aromatic heterocycles. The van der Waals surface area contributed by atoms with Crippen LogP contribution in [0, 0.1) is 0 Å². The van der Waals surface area contributed by atoms with E-state index in [-0.39, 0.29) is 12.1 Å². The van der Waals surface area contributed by atoms with Crippen LogP contribution >= 0.6 is 11.8 Å². The number of thioether (sulfide) groups is 1. The van der Waals surface area contributed by atoms with Gasteiger partial charge in [-0.3, -0.25) is 0 Å². The van der Waals surface area contributed by atoms with Crippen LogP contribution in [0.5, 0.6) is 0 Å². The smallest absolute Gasteiger partial charge is 0.0926 e. The number of aromatic nitrogens is 1. The van der Waals surface area contributed by atoms with E-state index < -0.39 is 0 Å². The first-order valence-corrected chi connectivity index (χ1v) is 20.6. The normalized spacial score (nSPS) is 20.6. The van der Waals surface area contributed by atoms with Crippen LogP contribution < -0.4 is 10.0 Å². The third kappa shape index (κ3) is 8.56. The number of pyridine rings is 1. The molecular formula is C42H51N9S. The van der Waals surface area contributed by atoms with E-state index in [9.17, 15) is 0 Å². The molecule has 4 aromatic rings. The third-order valence-corrected chi connectivity index (χ3v) is 11.7. The molecule has 4 aliphatic heterocycles. The highest BCUT2D eigenvalue weighted by Crippen LogP contribution is 2.34. The van der Waals surface area contributed by atoms with Crippen molar-refractivity contribution in [3.63, 3.8) is 0 Å². The Morgan fingerprint density at radius 3 is 1.44 bits per heavy atom. The number of benzene rings is 3. The molecule has 9 nitrogen and oxygen atoms in total. The molecule has 0 N–H and O–H groups in total. The second kappa shape index (κ2) is 16.7. The standard InChI is InChI=1S/C42H51N9S/c1-52-40-20-14-32(15-21-40)35-28-41(33-10-16-38(17-11-33)50-30-36(44-46-50)8-6-26-48-22-2-3-23-48)43-42(29-35)34-12-18-39(19-13-34)51-31-37(45-47-51)9-7-27-49-24-4-5-25-49/h10-21,28-29,36-37H,2-9,22-27,30-31H2,1H3. The van der Waals surface area contributed by atoms with Crippen molar-refractivity contribution in [2.24, 2.45) is 20.7 Å². The van der Waals surface area contributed by atoms with Gasteiger partial charge in [0.1, 0.15) is 0 Å². The molecule has 3 aromatic carbocycles. The first kappa shape index (κ1) is 34.9. The summed E-state index contributed by atoms with van der Waals surface area (Å²) in [6.07, 6.45) is 12.1. The first-order chi connectivity index (χ1) is 25.7. The highest BCUT2D eigenvalue weighted by atomic mass is 32.2. The molecule has 270 valence electrons. The SMILES string of the molecule is CSc1ccc(-c2cc(-c3ccc(N4CC(CCCN5CCCC5)N=N4)cc3)nc(-c3ccc(N4CC(CCCN5CCCC5)N=N4)cc3)c2)cc1. The van der Waals surface area contributed by atoms with Gasteiger partial charge >= 0.3 is 0 Å². The molecule has 0 spiro atoms. The van der Waals surface area contributed by atoms with Crippen LogP contribution in [0.3, 0.4) is 0 Å². The van der Waals surface area contributed by atoms with Gasteiger partial charge < -0.3 is 9.80 Å². The summed E-state index contributed by atoms with van der Waals surface area (Å²) in [6, 6.07) is 31.1. The van der Waals surface area contributed by atoms with E-state index in [0.29, 0.717) is 0 Å². The predicted molar refractivity (Wildman–Crippen MR) is 214 cm³/mol. The van der Waals surface area contributed by atoms with Crippen LogP contribution in [0.25, 0.3) is 33.6 Å². The number of hydrogen-bond acceptors (Lipinski definition) is 10. The Morgan fingerprint density at radius 1 is 0.558 bits per heavy atom. The van der Waals surface area contributed by atoms with Gasteiger partial charge in [0.05, 0.1) is 47.9 Å². The van der Waals surface area contributed by atoms with Crippen molar-refractivity contribution in [2.75, 3.05) is 68.6 Å². The summed E-state index contributed by atoms with van der Waals surface area (Å²) in [7, 11) is 0. The highest BCUT2D eigenvalue weighted by molar-refractivity contribution is 7.98. The molecule has 4 aliphatic rings. The van der Waals surface area contributed by atoms with Crippen LogP contribution in [0.4, 0.5) is 11.4 Å². The fourth-order valence-corrected chi connectivity index (χ4v) is 8.33. The maximum Gasteiger partial charge on any atom is 0.0926 e. The van der Waals surface area contributed by atoms with E-state index in [4.69, 9.17) is 4.98 Å². The van der Waals surface area contributed by atoms with Crippen molar-refractivity contribution in [3.8, 4) is 33.6 Å². The molecule has 52 heavy (non-hydrogen) atoms. The van der Waals surface area contributed by atoms with E-state index in [1.165, 1.54) is 88.3 Å². The van der Waals surface area contributed by atoms with Crippen molar-refractivity contribution >= 4 is 23.1 Å². The molecule has 2 saturated heterocycles. The molecule has 2 atom stereocenters. The van der Waals surface area contributed by atoms with Crippen molar-refractivity contribution in [3.05, 3.63) is 84.9 Å². The Labute approximate surface area is 313 Å². The Balaban J connectivity index is 0.954. The Kier molecular flexibility index (Phi) is 11.2. The Bertz CT molecular complexity index is 1710. The topological polar surface area (TPSA) is 75.3 Å². The lowest BCUT2D eigenvalue weighted by molar-refractivity contribution is 0.326. The average Bonchev–Trinajstić information content (AvgIpc) is 4.05. The molecule has 8 rings (SSSR count). The lowest BCUT2D eigenvalue weighted by Gasteiger charge is -2.17. The second-order valence-electron chi connectivity index (χ2n) is 14.7. The minimum absolute atomic E-state index is 0.270. The minimum Gasteiger partial charge on any atom is -0.303 e. The minimum atomic E-state index is 0.270. The molecular weight excluding hydrogens is 663 g/mol. The zero-order valence-electron chi connectivity index (χ0n) is 30.5. The van der Waals surface area contributed by atoms with Gasteiger partial charge in [0.15, 0.2) is 0 Å². The van der Waals surface area contributed by atoms with E-state index in [2.05, 4.69) is 122 Å². The lowest BCUT2D eigenvalue weighted by atomic mass is 9.99. The van der Waals surface area contributed by atoms with Gasteiger partial charge in [0.25, 0.3) is 0 Å². The van der Waals surface area contributed by atoms with E-state index >= 15 is 0 Å². The fourth-order valence-electron chi connectivity index (χ4n) is 7.93. The van der Waals surface area contributed by atoms with Gasteiger partial charge in [-0.25, -0.2) is 15.0 Å². The Hall–Kier alpha value is -4.12. The second-order valence-corrected chi connectivity index (χ2v) is 15.6. The fraction of sp³-hybridized carbons (Fsp3) is 0.452. The molecule has 2 unspecified atom stereocenters.